The molecule has 3 amide bonds. The van der Waals surface area contributed by atoms with E-state index in [1.807, 2.05) is 13.8 Å². The predicted molar refractivity (Wildman–Crippen MR) is 145 cm³/mol. The lowest BCUT2D eigenvalue weighted by molar-refractivity contribution is -0.137. The van der Waals surface area contributed by atoms with Crippen LogP contribution in [0, 0.1) is 12.8 Å². The molecule has 214 valence electrons. The summed E-state index contributed by atoms with van der Waals surface area (Å²) in [5, 5.41) is 10.4. The van der Waals surface area contributed by atoms with Crippen LogP contribution in [-0.2, 0) is 22.7 Å². The average molecular weight is 553 g/mol. The molecule has 0 spiro atoms. The van der Waals surface area contributed by atoms with Crippen LogP contribution in [0.25, 0.3) is 0 Å². The van der Waals surface area contributed by atoms with Crippen LogP contribution in [0.2, 0.25) is 0 Å². The van der Waals surface area contributed by atoms with E-state index < -0.39 is 6.04 Å². The monoisotopic (exact) mass is 552 g/mol. The van der Waals surface area contributed by atoms with Crippen molar-refractivity contribution in [1.29, 1.82) is 0 Å². The Morgan fingerprint density at radius 1 is 1.25 bits per heavy atom. The molecule has 0 saturated carbocycles. The van der Waals surface area contributed by atoms with Crippen molar-refractivity contribution in [3.8, 4) is 11.5 Å². The summed E-state index contributed by atoms with van der Waals surface area (Å²) in [5.74, 6) is 1.27. The second kappa shape index (κ2) is 13.1. The Bertz CT molecular complexity index is 1320. The minimum Gasteiger partial charge on any atom is -0.493 e. The summed E-state index contributed by atoms with van der Waals surface area (Å²) in [5.41, 5.74) is 0.418. The number of hydrogen-bond donors (Lipinski definition) is 2. The summed E-state index contributed by atoms with van der Waals surface area (Å²) in [6.07, 6.45) is 5.29. The van der Waals surface area contributed by atoms with Crippen LogP contribution >= 0.6 is 0 Å². The summed E-state index contributed by atoms with van der Waals surface area (Å²) in [6, 6.07) is 4.56. The van der Waals surface area contributed by atoms with E-state index in [0.29, 0.717) is 48.2 Å². The van der Waals surface area contributed by atoms with E-state index in [1.165, 1.54) is 12.0 Å². The average Bonchev–Trinajstić information content (AvgIpc) is 3.57. The van der Waals surface area contributed by atoms with Crippen molar-refractivity contribution in [2.45, 2.75) is 46.3 Å². The fourth-order valence-corrected chi connectivity index (χ4v) is 4.46. The number of nitrogens with one attached hydrogen (secondary N) is 2. The van der Waals surface area contributed by atoms with Gasteiger partial charge in [0.15, 0.2) is 11.5 Å². The van der Waals surface area contributed by atoms with Gasteiger partial charge in [-0.1, -0.05) is 13.8 Å². The van der Waals surface area contributed by atoms with E-state index in [9.17, 15) is 14.4 Å². The van der Waals surface area contributed by atoms with E-state index in [0.717, 1.165) is 0 Å². The van der Waals surface area contributed by atoms with E-state index in [2.05, 4.69) is 25.7 Å². The molecule has 0 aliphatic carbocycles. The van der Waals surface area contributed by atoms with Gasteiger partial charge in [-0.3, -0.25) is 14.4 Å². The van der Waals surface area contributed by atoms with Gasteiger partial charge in [0.25, 0.3) is 5.91 Å². The quantitative estimate of drug-likeness (QED) is 0.493. The number of fused-ring (bicyclic) bond motifs is 3. The van der Waals surface area contributed by atoms with Crippen LogP contribution in [0.4, 0.5) is 0 Å². The lowest BCUT2D eigenvalue weighted by atomic mass is 10.0. The van der Waals surface area contributed by atoms with Gasteiger partial charge >= 0.3 is 0 Å². The van der Waals surface area contributed by atoms with Crippen molar-refractivity contribution in [2.75, 3.05) is 33.4 Å². The highest BCUT2D eigenvalue weighted by Gasteiger charge is 2.27. The number of methoxy groups -OCH3 is 1. The van der Waals surface area contributed by atoms with Crippen LogP contribution in [0.5, 0.6) is 11.5 Å². The molecule has 3 aromatic rings. The Hall–Kier alpha value is -4.42. The number of carbonyl (C=O) groups excluding carboxylic acids is 3. The third-order valence-corrected chi connectivity index (χ3v) is 6.51. The molecule has 3 heterocycles. The number of benzene rings is 1. The zero-order valence-electron chi connectivity index (χ0n) is 23.3. The van der Waals surface area contributed by atoms with Gasteiger partial charge in [-0.2, -0.15) is 5.10 Å². The van der Waals surface area contributed by atoms with Gasteiger partial charge in [0.2, 0.25) is 11.8 Å². The number of rotatable bonds is 4. The molecule has 13 heteroatoms. The highest BCUT2D eigenvalue weighted by atomic mass is 16.5. The topological polar surface area (TPSA) is 146 Å². The van der Waals surface area contributed by atoms with Gasteiger partial charge in [0.05, 0.1) is 32.6 Å². The first-order valence-electron chi connectivity index (χ1n) is 13.3. The number of imidazole rings is 1. The van der Waals surface area contributed by atoms with E-state index >= 15 is 0 Å². The molecule has 1 atom stereocenters. The van der Waals surface area contributed by atoms with Crippen LogP contribution in [0.1, 0.15) is 48.3 Å². The summed E-state index contributed by atoms with van der Waals surface area (Å²) in [6.45, 7) is 6.85. The maximum Gasteiger partial charge on any atom is 0.251 e. The zero-order chi connectivity index (χ0) is 28.6. The highest BCUT2D eigenvalue weighted by Crippen LogP contribution is 2.28. The number of aryl methyl sites for hydroxylation is 1. The summed E-state index contributed by atoms with van der Waals surface area (Å²) in [4.78, 5) is 49.3. The fraction of sp³-hybridized carbons (Fsp3) is 0.481. The van der Waals surface area contributed by atoms with Crippen molar-refractivity contribution in [1.82, 2.24) is 39.8 Å². The molecule has 13 nitrogen and oxygen atoms in total. The van der Waals surface area contributed by atoms with Crippen LogP contribution in [-0.4, -0.2) is 80.3 Å². The van der Waals surface area contributed by atoms with E-state index in [-0.39, 0.29) is 49.9 Å². The molecule has 0 unspecified atom stereocenters. The molecule has 1 aliphatic rings. The number of ether oxygens (including phenoxy) is 2. The van der Waals surface area contributed by atoms with Crippen molar-refractivity contribution < 1.29 is 23.9 Å². The Kier molecular flexibility index (Phi) is 9.35. The lowest BCUT2D eigenvalue weighted by Gasteiger charge is -2.26. The molecule has 2 bridgehead atoms. The molecular weight excluding hydrogens is 516 g/mol. The van der Waals surface area contributed by atoms with Crippen molar-refractivity contribution in [3.63, 3.8) is 0 Å². The Balaban J connectivity index is 1.62. The van der Waals surface area contributed by atoms with Gasteiger partial charge in [-0.15, -0.1) is 0 Å². The Labute approximate surface area is 232 Å². The van der Waals surface area contributed by atoms with Gasteiger partial charge in [0.1, 0.15) is 24.8 Å². The van der Waals surface area contributed by atoms with Crippen LogP contribution in [0.3, 0.4) is 0 Å². The number of nitrogens with zero attached hydrogens (tertiary/aromatic N) is 6. The van der Waals surface area contributed by atoms with Gasteiger partial charge < -0.3 is 29.6 Å². The second-order valence-corrected chi connectivity index (χ2v) is 9.90. The fourth-order valence-electron chi connectivity index (χ4n) is 4.46. The maximum atomic E-state index is 13.3. The maximum absolute atomic E-state index is 13.3. The van der Waals surface area contributed by atoms with Gasteiger partial charge in [-0.25, -0.2) is 14.6 Å². The minimum absolute atomic E-state index is 0.0000902. The first kappa shape index (κ1) is 28.6. The summed E-state index contributed by atoms with van der Waals surface area (Å²) >= 11 is 0. The third kappa shape index (κ3) is 7.16. The smallest absolute Gasteiger partial charge is 0.251 e. The molecule has 2 aromatic heterocycles. The minimum atomic E-state index is -0.435. The Morgan fingerprint density at radius 2 is 2.08 bits per heavy atom. The Morgan fingerprint density at radius 3 is 2.80 bits per heavy atom. The summed E-state index contributed by atoms with van der Waals surface area (Å²) in [7, 11) is 1.54. The van der Waals surface area contributed by atoms with Gasteiger partial charge in [-0.05, 0) is 37.5 Å². The number of carbonyl (C=O) groups is 3. The molecule has 4 rings (SSSR count). The lowest BCUT2D eigenvalue weighted by Crippen LogP contribution is -2.45. The molecule has 0 radical (unpaired) electrons. The summed E-state index contributed by atoms with van der Waals surface area (Å²) < 4.78 is 14.8. The molecular formula is C27H36N8O5. The second-order valence-electron chi connectivity index (χ2n) is 9.90. The first-order chi connectivity index (χ1) is 19.2. The molecule has 0 fully saturated rings. The van der Waals surface area contributed by atoms with Crippen molar-refractivity contribution in [2.24, 2.45) is 5.92 Å². The molecule has 1 aromatic carbocycles. The highest BCUT2D eigenvalue weighted by molar-refractivity contribution is 5.94. The molecule has 40 heavy (non-hydrogen) atoms. The van der Waals surface area contributed by atoms with E-state index in [1.54, 1.807) is 53.1 Å². The number of aromatic nitrogens is 5. The molecule has 0 saturated heterocycles. The molecule has 2 N–H and O–H groups in total. The standard InChI is InChI=1S/C27H36N8O5/c1-18(2)25-26-30-19(3)32-35(26)12-13-40-22-14-20(6-7-21(22)39-4)27(38)29-8-5-10-34(15-23(36)31-25)24(37)16-33-11-9-28-17-33/h6-7,9,11,14,17-18,25H,5,8,10,12-13,15-16H2,1-4H3,(H,29,38)(H,31,36)/t25-/m0/s1. The first-order valence-corrected chi connectivity index (χ1v) is 13.3. The third-order valence-electron chi connectivity index (χ3n) is 6.51. The predicted octanol–water partition coefficient (Wildman–Crippen LogP) is 1.35. The van der Waals surface area contributed by atoms with Crippen LogP contribution < -0.4 is 20.1 Å². The van der Waals surface area contributed by atoms with Gasteiger partial charge in [0, 0.05) is 31.0 Å². The van der Waals surface area contributed by atoms with Crippen molar-refractivity contribution in [3.05, 3.63) is 54.1 Å². The largest absolute Gasteiger partial charge is 0.493 e. The van der Waals surface area contributed by atoms with E-state index in [4.69, 9.17) is 9.47 Å². The number of amides is 3. The zero-order valence-corrected chi connectivity index (χ0v) is 23.3. The normalized spacial score (nSPS) is 17.2. The van der Waals surface area contributed by atoms with Crippen LogP contribution in [0.15, 0.2) is 36.9 Å². The SMILES string of the molecule is COc1ccc2cc1OCCn1nc(C)nc1[C@H](C(C)C)NC(=O)CN(C(=O)Cn1ccnc1)CCCNC2=O. The molecule has 1 aliphatic heterocycles. The van der Waals surface area contributed by atoms with Crippen molar-refractivity contribution >= 4 is 17.7 Å². The number of hydrogen-bond acceptors (Lipinski definition) is 8.